The number of halogens is 2. The highest BCUT2D eigenvalue weighted by molar-refractivity contribution is 7.89. The average Bonchev–Trinajstić information content (AvgIpc) is 2.27. The minimum atomic E-state index is -3.67. The molecule has 0 saturated heterocycles. The molecule has 0 amide bonds. The Labute approximate surface area is 124 Å². The minimum Gasteiger partial charge on any atom is -0.207 e. The quantitative estimate of drug-likeness (QED) is 0.804. The van der Waals surface area contributed by atoms with Gasteiger partial charge in [-0.3, -0.25) is 0 Å². The second-order valence-corrected chi connectivity index (χ2v) is 7.13. The molecular formula is C13H15Cl2NO2S. The lowest BCUT2D eigenvalue weighted by Gasteiger charge is -2.21. The fraction of sp³-hybridized carbons (Fsp3) is 0.231. The third-order valence-electron chi connectivity index (χ3n) is 2.35. The smallest absolute Gasteiger partial charge is 0.207 e. The van der Waals surface area contributed by atoms with Gasteiger partial charge in [0, 0.05) is 23.2 Å². The zero-order valence-corrected chi connectivity index (χ0v) is 12.9. The van der Waals surface area contributed by atoms with Crippen LogP contribution in [0.5, 0.6) is 0 Å². The topological polar surface area (TPSA) is 37.4 Å². The van der Waals surface area contributed by atoms with Crippen molar-refractivity contribution >= 4 is 33.2 Å². The molecule has 19 heavy (non-hydrogen) atoms. The normalized spacial score (nSPS) is 11.6. The molecule has 0 fully saturated rings. The first kappa shape index (κ1) is 16.2. The molecule has 3 nitrogen and oxygen atoms in total. The van der Waals surface area contributed by atoms with Crippen LogP contribution in [-0.4, -0.2) is 25.8 Å². The van der Waals surface area contributed by atoms with Crippen molar-refractivity contribution in [2.45, 2.75) is 11.8 Å². The molecule has 6 heteroatoms. The van der Waals surface area contributed by atoms with E-state index in [9.17, 15) is 8.42 Å². The largest absolute Gasteiger partial charge is 0.243 e. The maximum Gasteiger partial charge on any atom is 0.243 e. The Morgan fingerprint density at radius 2 is 1.53 bits per heavy atom. The highest BCUT2D eigenvalue weighted by atomic mass is 35.5. The van der Waals surface area contributed by atoms with E-state index in [0.29, 0.717) is 0 Å². The standard InChI is InChI=1S/C13H15Cl2NO2S/c1-10-4-6-13(7-5-10)19(17,18)16(8-11(2)14)9-12(3)15/h4-7H,2-3,8-9H2,1H3. The van der Waals surface area contributed by atoms with Gasteiger partial charge >= 0.3 is 0 Å². The molecule has 0 atom stereocenters. The van der Waals surface area contributed by atoms with Crippen LogP contribution < -0.4 is 0 Å². The van der Waals surface area contributed by atoms with E-state index >= 15 is 0 Å². The lowest BCUT2D eigenvalue weighted by atomic mass is 10.2. The van der Waals surface area contributed by atoms with Crippen molar-refractivity contribution in [2.75, 3.05) is 13.1 Å². The third-order valence-corrected chi connectivity index (χ3v) is 4.40. The molecule has 0 aliphatic carbocycles. The summed E-state index contributed by atoms with van der Waals surface area (Å²) in [5, 5.41) is 0.433. The highest BCUT2D eigenvalue weighted by Gasteiger charge is 2.24. The Kier molecular flexibility index (Phi) is 5.62. The van der Waals surface area contributed by atoms with Crippen molar-refractivity contribution in [3.05, 3.63) is 53.1 Å². The van der Waals surface area contributed by atoms with E-state index in [2.05, 4.69) is 13.2 Å². The van der Waals surface area contributed by atoms with Crippen LogP contribution in [0.15, 0.2) is 52.4 Å². The van der Waals surface area contributed by atoms with Gasteiger partial charge in [0.05, 0.1) is 4.90 Å². The summed E-state index contributed by atoms with van der Waals surface area (Å²) in [5.74, 6) is 0. The Bertz CT molecular complexity index is 563. The molecule has 0 aliphatic heterocycles. The maximum atomic E-state index is 12.4. The molecule has 0 radical (unpaired) electrons. The summed E-state index contributed by atoms with van der Waals surface area (Å²) in [6.45, 7) is 8.88. The Morgan fingerprint density at radius 1 is 1.11 bits per heavy atom. The Balaban J connectivity index is 3.14. The summed E-state index contributed by atoms with van der Waals surface area (Å²) in [7, 11) is -3.67. The van der Waals surface area contributed by atoms with Gasteiger partial charge in [-0.1, -0.05) is 54.1 Å². The molecule has 104 valence electrons. The van der Waals surface area contributed by atoms with Crippen LogP contribution in [0.25, 0.3) is 0 Å². The zero-order chi connectivity index (χ0) is 14.6. The van der Waals surface area contributed by atoms with Crippen molar-refractivity contribution in [3.63, 3.8) is 0 Å². The first-order chi connectivity index (χ1) is 8.73. The molecule has 0 aliphatic rings. The van der Waals surface area contributed by atoms with Crippen molar-refractivity contribution in [2.24, 2.45) is 0 Å². The van der Waals surface area contributed by atoms with Gasteiger partial charge in [-0.05, 0) is 19.1 Å². The number of hydrogen-bond donors (Lipinski definition) is 0. The van der Waals surface area contributed by atoms with Crippen LogP contribution in [-0.2, 0) is 10.0 Å². The van der Waals surface area contributed by atoms with E-state index in [4.69, 9.17) is 23.2 Å². The van der Waals surface area contributed by atoms with Crippen LogP contribution in [0.2, 0.25) is 0 Å². The molecule has 1 aromatic carbocycles. The molecular weight excluding hydrogens is 305 g/mol. The lowest BCUT2D eigenvalue weighted by molar-refractivity contribution is 0.469. The predicted octanol–water partition coefficient (Wildman–Crippen LogP) is 3.49. The van der Waals surface area contributed by atoms with Gasteiger partial charge in [-0.2, -0.15) is 4.31 Å². The van der Waals surface area contributed by atoms with Gasteiger partial charge in [0.2, 0.25) is 10.0 Å². The van der Waals surface area contributed by atoms with Crippen LogP contribution in [0, 0.1) is 6.92 Å². The highest BCUT2D eigenvalue weighted by Crippen LogP contribution is 2.20. The van der Waals surface area contributed by atoms with E-state index in [-0.39, 0.29) is 28.0 Å². The van der Waals surface area contributed by atoms with E-state index < -0.39 is 10.0 Å². The number of benzene rings is 1. The number of aryl methyl sites for hydroxylation is 1. The fourth-order valence-corrected chi connectivity index (χ4v) is 3.33. The number of sulfonamides is 1. The molecule has 0 bridgehead atoms. The van der Waals surface area contributed by atoms with Crippen LogP contribution >= 0.6 is 23.2 Å². The van der Waals surface area contributed by atoms with E-state index in [1.54, 1.807) is 24.3 Å². The van der Waals surface area contributed by atoms with Crippen molar-refractivity contribution in [1.82, 2.24) is 4.31 Å². The van der Waals surface area contributed by atoms with Crippen molar-refractivity contribution in [3.8, 4) is 0 Å². The third kappa shape index (κ3) is 4.66. The van der Waals surface area contributed by atoms with Gasteiger partial charge in [-0.25, -0.2) is 8.42 Å². The number of rotatable bonds is 6. The minimum absolute atomic E-state index is 0.0104. The molecule has 0 saturated carbocycles. The lowest BCUT2D eigenvalue weighted by Crippen LogP contribution is -2.33. The summed E-state index contributed by atoms with van der Waals surface area (Å²) in [6.07, 6.45) is 0. The van der Waals surface area contributed by atoms with Gasteiger partial charge in [0.1, 0.15) is 0 Å². The summed E-state index contributed by atoms with van der Waals surface area (Å²) in [4.78, 5) is 0.189. The first-order valence-electron chi connectivity index (χ1n) is 5.47. The number of hydrogen-bond acceptors (Lipinski definition) is 2. The van der Waals surface area contributed by atoms with Gasteiger partial charge in [0.25, 0.3) is 0 Å². The second kappa shape index (κ2) is 6.57. The first-order valence-corrected chi connectivity index (χ1v) is 7.66. The fourth-order valence-electron chi connectivity index (χ4n) is 1.47. The van der Waals surface area contributed by atoms with Crippen LogP contribution in [0.1, 0.15) is 5.56 Å². The predicted molar refractivity (Wildman–Crippen MR) is 79.9 cm³/mol. The molecule has 0 heterocycles. The molecule has 0 spiro atoms. The molecule has 1 aromatic rings. The summed E-state index contributed by atoms with van der Waals surface area (Å²) in [6, 6.07) is 6.56. The second-order valence-electron chi connectivity index (χ2n) is 4.12. The molecule has 1 rings (SSSR count). The van der Waals surface area contributed by atoms with Crippen molar-refractivity contribution in [1.29, 1.82) is 0 Å². The van der Waals surface area contributed by atoms with E-state index in [1.165, 1.54) is 0 Å². The summed E-state index contributed by atoms with van der Waals surface area (Å²) in [5.41, 5.74) is 0.981. The molecule has 0 N–H and O–H groups in total. The maximum absolute atomic E-state index is 12.4. The van der Waals surface area contributed by atoms with Crippen molar-refractivity contribution < 1.29 is 8.42 Å². The van der Waals surface area contributed by atoms with Crippen LogP contribution in [0.3, 0.4) is 0 Å². The van der Waals surface area contributed by atoms with Gasteiger partial charge in [-0.15, -0.1) is 0 Å². The zero-order valence-electron chi connectivity index (χ0n) is 10.6. The van der Waals surface area contributed by atoms with E-state index in [1.807, 2.05) is 6.92 Å². The Hall–Kier alpha value is -0.810. The SMILES string of the molecule is C=C(Cl)CN(CC(=C)Cl)S(=O)(=O)c1ccc(C)cc1. The van der Waals surface area contributed by atoms with Gasteiger partial charge in [0.15, 0.2) is 0 Å². The Morgan fingerprint density at radius 3 is 1.89 bits per heavy atom. The summed E-state index contributed by atoms with van der Waals surface area (Å²) < 4.78 is 26.0. The summed E-state index contributed by atoms with van der Waals surface area (Å²) >= 11 is 11.4. The van der Waals surface area contributed by atoms with Gasteiger partial charge < -0.3 is 0 Å². The molecule has 0 unspecified atom stereocenters. The number of nitrogens with zero attached hydrogens (tertiary/aromatic N) is 1. The van der Waals surface area contributed by atoms with Crippen LogP contribution in [0.4, 0.5) is 0 Å². The monoisotopic (exact) mass is 319 g/mol. The average molecular weight is 320 g/mol. The van der Waals surface area contributed by atoms with E-state index in [0.717, 1.165) is 9.87 Å². The molecule has 0 aromatic heterocycles.